The van der Waals surface area contributed by atoms with E-state index in [0.29, 0.717) is 24.7 Å². The Morgan fingerprint density at radius 2 is 1.13 bits per heavy atom. The number of hydrogen-bond acceptors (Lipinski definition) is 8. The Hall–Kier alpha value is -4.40. The van der Waals surface area contributed by atoms with E-state index in [9.17, 15) is 0 Å². The molecule has 4 aromatic carbocycles. The van der Waals surface area contributed by atoms with Crippen LogP contribution in [0, 0.1) is 0 Å². The van der Waals surface area contributed by atoms with Gasteiger partial charge in [0.05, 0.1) is 14.2 Å². The summed E-state index contributed by atoms with van der Waals surface area (Å²) in [5, 5.41) is 0. The van der Waals surface area contributed by atoms with Gasteiger partial charge in [0, 0.05) is 47.4 Å². The standard InChI is InChI=1S/C38H38N2O6/c1-39-11-10-24-18-32(42-4)36-38-34(24)27(39)14-21-6-8-29-26(13-21)20-44-35-31(41-3)17-23-9-12-40(2)28(33(23)37(35)45-29)15-22-5-7-25(19-43-36)30(16-22)46-38/h5-8,13,16-18,27-28H,9-12,14-15,19-20H2,1-4H3/t27-,28-/m1/s1. The average Bonchev–Trinajstić information content (AvgIpc) is 3.38. The van der Waals surface area contributed by atoms with Crippen LogP contribution in [0.3, 0.4) is 0 Å². The van der Waals surface area contributed by atoms with Crippen LogP contribution in [0.25, 0.3) is 0 Å². The molecule has 0 aliphatic carbocycles. The topological polar surface area (TPSA) is 61.9 Å². The maximum absolute atomic E-state index is 7.00. The van der Waals surface area contributed by atoms with Gasteiger partial charge in [-0.05, 0) is 92.4 Å². The van der Waals surface area contributed by atoms with Crippen molar-refractivity contribution in [2.75, 3.05) is 41.4 Å². The lowest BCUT2D eigenvalue weighted by molar-refractivity contribution is 0.220. The third-order valence-electron chi connectivity index (χ3n) is 10.6. The fourth-order valence-electron chi connectivity index (χ4n) is 8.03. The lowest BCUT2D eigenvalue weighted by Crippen LogP contribution is -2.34. The first-order chi connectivity index (χ1) is 22.5. The van der Waals surface area contributed by atoms with Crippen molar-refractivity contribution >= 4 is 0 Å². The Bertz CT molecular complexity index is 1900. The van der Waals surface area contributed by atoms with Crippen LogP contribution in [-0.4, -0.2) is 51.2 Å². The number of nitrogens with zero attached hydrogens (tertiary/aromatic N) is 2. The van der Waals surface area contributed by atoms with Crippen molar-refractivity contribution in [3.63, 3.8) is 0 Å². The molecule has 0 unspecified atom stereocenters. The second-order valence-electron chi connectivity index (χ2n) is 13.2. The van der Waals surface area contributed by atoms with Gasteiger partial charge in [-0.1, -0.05) is 18.2 Å². The molecule has 6 aliphatic rings. The number of ether oxygens (including phenoxy) is 6. The SMILES string of the molecule is COc1cc2c3c4c1OCc1cc(ccc1O4)C[C@@H]1c4c(cc(OC)c5c4Oc4cc(ccc4CO5)C[C@H]3N(C)CC2)CCN1C. The van der Waals surface area contributed by atoms with E-state index in [0.717, 1.165) is 84.4 Å². The third kappa shape index (κ3) is 4.27. The molecule has 0 saturated carbocycles. The molecule has 0 aromatic heterocycles. The van der Waals surface area contributed by atoms with Gasteiger partial charge in [-0.3, -0.25) is 9.80 Å². The van der Waals surface area contributed by atoms with E-state index in [4.69, 9.17) is 28.4 Å². The lowest BCUT2D eigenvalue weighted by Gasteiger charge is -2.36. The lowest BCUT2D eigenvalue weighted by atomic mass is 9.87. The van der Waals surface area contributed by atoms with Gasteiger partial charge in [-0.2, -0.15) is 0 Å². The Morgan fingerprint density at radius 3 is 1.74 bits per heavy atom. The van der Waals surface area contributed by atoms with Crippen molar-refractivity contribution < 1.29 is 28.4 Å². The summed E-state index contributed by atoms with van der Waals surface area (Å²) in [6.07, 6.45) is 3.39. The molecular weight excluding hydrogens is 580 g/mol. The predicted octanol–water partition coefficient (Wildman–Crippen LogP) is 6.93. The van der Waals surface area contributed by atoms with Crippen LogP contribution < -0.4 is 28.4 Å². The Morgan fingerprint density at radius 1 is 0.587 bits per heavy atom. The smallest absolute Gasteiger partial charge is 0.204 e. The number of benzene rings is 4. The molecule has 0 radical (unpaired) electrons. The van der Waals surface area contributed by atoms with Crippen LogP contribution in [0.4, 0.5) is 0 Å². The molecule has 0 fully saturated rings. The van der Waals surface area contributed by atoms with E-state index >= 15 is 0 Å². The minimum atomic E-state index is 0.0711. The minimum absolute atomic E-state index is 0.0711. The quantitative estimate of drug-likeness (QED) is 0.240. The van der Waals surface area contributed by atoms with E-state index in [1.807, 2.05) is 0 Å². The van der Waals surface area contributed by atoms with Gasteiger partial charge in [-0.15, -0.1) is 0 Å². The van der Waals surface area contributed by atoms with Crippen molar-refractivity contribution in [1.29, 1.82) is 0 Å². The van der Waals surface area contributed by atoms with Gasteiger partial charge in [0.2, 0.25) is 11.5 Å². The zero-order chi connectivity index (χ0) is 31.1. The van der Waals surface area contributed by atoms with Gasteiger partial charge < -0.3 is 28.4 Å². The highest BCUT2D eigenvalue weighted by Crippen LogP contribution is 2.54. The van der Waals surface area contributed by atoms with Gasteiger partial charge >= 0.3 is 0 Å². The zero-order valence-corrected chi connectivity index (χ0v) is 26.8. The van der Waals surface area contributed by atoms with Crippen LogP contribution in [0.5, 0.6) is 46.0 Å². The molecule has 2 atom stereocenters. The van der Waals surface area contributed by atoms with Gasteiger partial charge in [-0.25, -0.2) is 0 Å². The number of fused-ring (bicyclic) bond motifs is 1. The summed E-state index contributed by atoms with van der Waals surface area (Å²) < 4.78 is 38.8. The second kappa shape index (κ2) is 10.6. The molecule has 0 saturated heterocycles. The first-order valence-corrected chi connectivity index (χ1v) is 16.2. The van der Waals surface area contributed by atoms with Crippen LogP contribution in [0.1, 0.15) is 56.6 Å². The summed E-state index contributed by atoms with van der Waals surface area (Å²) in [4.78, 5) is 4.85. The molecule has 8 nitrogen and oxygen atoms in total. The number of rotatable bonds is 2. The van der Waals surface area contributed by atoms with Crippen molar-refractivity contribution in [1.82, 2.24) is 9.80 Å². The van der Waals surface area contributed by atoms with E-state index in [1.54, 1.807) is 14.2 Å². The normalized spacial score (nSPS) is 20.9. The van der Waals surface area contributed by atoms with Crippen LogP contribution >= 0.6 is 0 Å². The molecule has 4 aromatic rings. The summed E-state index contributed by atoms with van der Waals surface area (Å²) in [5.41, 5.74) is 9.26. The highest BCUT2D eigenvalue weighted by atomic mass is 16.6. The molecule has 6 aliphatic heterocycles. The van der Waals surface area contributed by atoms with Gasteiger partial charge in [0.25, 0.3) is 0 Å². The summed E-state index contributed by atoms with van der Waals surface area (Å²) in [6, 6.07) is 17.6. The number of hydrogen-bond donors (Lipinski definition) is 0. The van der Waals surface area contributed by atoms with E-state index in [2.05, 4.69) is 72.4 Å². The Kier molecular flexibility index (Phi) is 6.41. The van der Waals surface area contributed by atoms with E-state index in [-0.39, 0.29) is 12.1 Å². The van der Waals surface area contributed by atoms with Gasteiger partial charge in [0.1, 0.15) is 24.7 Å². The monoisotopic (exact) mass is 618 g/mol. The summed E-state index contributed by atoms with van der Waals surface area (Å²) in [6.45, 7) is 2.68. The summed E-state index contributed by atoms with van der Waals surface area (Å²) >= 11 is 0. The molecule has 8 heteroatoms. The minimum Gasteiger partial charge on any atom is -0.493 e. The fourth-order valence-corrected chi connectivity index (χ4v) is 8.03. The average molecular weight is 619 g/mol. The maximum Gasteiger partial charge on any atom is 0.204 e. The Balaban J connectivity index is 1.29. The number of methoxy groups -OCH3 is 2. The molecule has 7 bridgehead atoms. The van der Waals surface area contributed by atoms with E-state index in [1.165, 1.54) is 33.4 Å². The van der Waals surface area contributed by atoms with Crippen molar-refractivity contribution in [3.8, 4) is 46.0 Å². The van der Waals surface area contributed by atoms with Crippen LogP contribution in [0.2, 0.25) is 0 Å². The fraction of sp³-hybridized carbons (Fsp3) is 0.368. The summed E-state index contributed by atoms with van der Waals surface area (Å²) in [7, 11) is 7.82. The number of likely N-dealkylation sites (N-methyl/N-ethyl adjacent to an activating group) is 2. The second-order valence-corrected chi connectivity index (χ2v) is 13.2. The van der Waals surface area contributed by atoms with Crippen molar-refractivity contribution in [2.24, 2.45) is 0 Å². The molecule has 0 amide bonds. The molecular formula is C38H38N2O6. The Labute approximate surface area is 269 Å². The van der Waals surface area contributed by atoms with Crippen LogP contribution in [-0.2, 0) is 38.9 Å². The molecule has 46 heavy (non-hydrogen) atoms. The molecule has 236 valence electrons. The largest absolute Gasteiger partial charge is 0.493 e. The predicted molar refractivity (Wildman–Crippen MR) is 173 cm³/mol. The third-order valence-corrected chi connectivity index (χ3v) is 10.6. The van der Waals surface area contributed by atoms with E-state index < -0.39 is 0 Å². The van der Waals surface area contributed by atoms with Gasteiger partial charge in [0.15, 0.2) is 23.0 Å². The maximum atomic E-state index is 7.00. The van der Waals surface area contributed by atoms with Crippen molar-refractivity contribution in [3.05, 3.63) is 93.0 Å². The highest BCUT2D eigenvalue weighted by Gasteiger charge is 2.37. The zero-order valence-electron chi connectivity index (χ0n) is 26.8. The van der Waals surface area contributed by atoms with Crippen molar-refractivity contribution in [2.45, 2.75) is 51.0 Å². The summed E-state index contributed by atoms with van der Waals surface area (Å²) in [5.74, 6) is 6.00. The molecule has 10 rings (SSSR count). The molecule has 0 spiro atoms. The molecule has 0 N–H and O–H groups in total. The first-order valence-electron chi connectivity index (χ1n) is 16.2. The molecule has 6 heterocycles. The highest BCUT2D eigenvalue weighted by molar-refractivity contribution is 5.65. The first kappa shape index (κ1) is 27.9. The van der Waals surface area contributed by atoms with Crippen LogP contribution in [0.15, 0.2) is 48.5 Å².